The summed E-state index contributed by atoms with van der Waals surface area (Å²) in [7, 11) is -4.15. The second-order valence-electron chi connectivity index (χ2n) is 19.0. The predicted octanol–water partition coefficient (Wildman–Crippen LogP) is 6.65. The van der Waals surface area contributed by atoms with Gasteiger partial charge in [-0.1, -0.05) is 88.4 Å². The van der Waals surface area contributed by atoms with E-state index < -0.39 is 69.5 Å². The van der Waals surface area contributed by atoms with E-state index in [0.29, 0.717) is 20.9 Å². The Labute approximate surface area is 382 Å². The highest BCUT2D eigenvalue weighted by Gasteiger charge is 2.37. The molecule has 1 saturated heterocycles. The van der Waals surface area contributed by atoms with Gasteiger partial charge in [-0.25, -0.2) is 22.6 Å². The van der Waals surface area contributed by atoms with Gasteiger partial charge in [0.25, 0.3) is 0 Å². The van der Waals surface area contributed by atoms with Crippen molar-refractivity contribution in [2.75, 3.05) is 51.1 Å². The summed E-state index contributed by atoms with van der Waals surface area (Å²) < 4.78 is 50.6. The molecule has 2 heterocycles. The third-order valence-corrected chi connectivity index (χ3v) is 13.4. The number of amides is 3. The highest BCUT2D eigenvalue weighted by molar-refractivity contribution is 7.89. The molecule has 3 amide bonds. The molecule has 5 rings (SSSR count). The summed E-state index contributed by atoms with van der Waals surface area (Å²) in [6.45, 7) is 17.1. The summed E-state index contributed by atoms with van der Waals surface area (Å²) in [5.74, 6) is -1.90. The van der Waals surface area contributed by atoms with Crippen LogP contribution in [0.3, 0.4) is 0 Å². The molecule has 4 N–H and O–H groups in total. The third-order valence-electron chi connectivity index (χ3n) is 10.6. The van der Waals surface area contributed by atoms with E-state index in [1.54, 1.807) is 59.7 Å². The lowest BCUT2D eigenvalue weighted by Crippen LogP contribution is -2.59. The van der Waals surface area contributed by atoms with Crippen molar-refractivity contribution < 1.29 is 37.0 Å². The molecule has 3 aromatic carbocycles. The van der Waals surface area contributed by atoms with E-state index in [-0.39, 0.29) is 36.9 Å². The Morgan fingerprint density at radius 2 is 1.61 bits per heavy atom. The molecule has 1 unspecified atom stereocenters. The predicted molar refractivity (Wildman–Crippen MR) is 250 cm³/mol. The molecule has 350 valence electrons. The number of rotatable bonds is 20. The van der Waals surface area contributed by atoms with Crippen LogP contribution >= 0.6 is 11.3 Å². The standard InChI is InChI=1S/C47H66FN7O7S2/c1-32(2)28-55(64(60,61)36-19-20-37-40(27-36)63-44(51-37)49-21-24-53-22-12-13-23-53)30-39(56)38(26-33-15-10-9-11-16-33)50-43(58)42(46(3,4)5)52-41(57)31-54(45(59)62-47(6,7)8)29-34-17-14-18-35(48)25-34/h9-11,14-20,25,27,32,38-39,42,56H,12-13,21-24,26,28-31H2,1-8H3,(H,49,51)(H,50,58)(H,52,57)/t38-,39+,42?/m0/s1. The average molecular weight is 924 g/mol. The van der Waals surface area contributed by atoms with Crippen LogP contribution in [0.15, 0.2) is 77.7 Å². The van der Waals surface area contributed by atoms with Gasteiger partial charge in [-0.3, -0.25) is 14.5 Å². The molecule has 1 fully saturated rings. The summed E-state index contributed by atoms with van der Waals surface area (Å²) in [4.78, 5) is 49.8. The van der Waals surface area contributed by atoms with Gasteiger partial charge in [0, 0.05) is 32.7 Å². The first-order valence-corrected chi connectivity index (χ1v) is 24.2. The maximum absolute atomic E-state index is 14.5. The van der Waals surface area contributed by atoms with Crippen LogP contribution in [-0.2, 0) is 37.3 Å². The average Bonchev–Trinajstić information content (AvgIpc) is 3.88. The number of sulfonamides is 1. The first-order chi connectivity index (χ1) is 30.1. The molecule has 0 spiro atoms. The van der Waals surface area contributed by atoms with Gasteiger partial charge in [-0.05, 0) is 106 Å². The number of ether oxygens (including phenoxy) is 1. The first-order valence-electron chi connectivity index (χ1n) is 22.0. The number of thiazole rings is 1. The lowest BCUT2D eigenvalue weighted by Gasteiger charge is -2.35. The van der Waals surface area contributed by atoms with Gasteiger partial charge < -0.3 is 30.7 Å². The maximum atomic E-state index is 14.5. The molecule has 1 aliphatic heterocycles. The van der Waals surface area contributed by atoms with E-state index >= 15 is 0 Å². The van der Waals surface area contributed by atoms with Gasteiger partial charge in [0.2, 0.25) is 21.8 Å². The summed E-state index contributed by atoms with van der Waals surface area (Å²) >= 11 is 1.39. The minimum absolute atomic E-state index is 0.0668. The topological polar surface area (TPSA) is 174 Å². The van der Waals surface area contributed by atoms with Crippen LogP contribution in [0.2, 0.25) is 0 Å². The van der Waals surface area contributed by atoms with Crippen LogP contribution in [0.25, 0.3) is 10.2 Å². The van der Waals surface area contributed by atoms with Gasteiger partial charge in [0.05, 0.1) is 27.3 Å². The van der Waals surface area contributed by atoms with Gasteiger partial charge in [-0.2, -0.15) is 4.31 Å². The van der Waals surface area contributed by atoms with Crippen LogP contribution in [0.4, 0.5) is 14.3 Å². The highest BCUT2D eigenvalue weighted by atomic mass is 32.2. The van der Waals surface area contributed by atoms with Gasteiger partial charge in [0.15, 0.2) is 5.13 Å². The number of nitrogens with zero attached hydrogens (tertiary/aromatic N) is 4. The number of aliphatic hydroxyl groups excluding tert-OH is 1. The van der Waals surface area contributed by atoms with Crippen LogP contribution in [0.1, 0.15) is 79.4 Å². The van der Waals surface area contributed by atoms with Crippen LogP contribution in [-0.4, -0.2) is 120 Å². The largest absolute Gasteiger partial charge is 0.444 e. The van der Waals surface area contributed by atoms with Crippen molar-refractivity contribution in [2.45, 2.75) is 110 Å². The zero-order valence-electron chi connectivity index (χ0n) is 38.4. The Kier molecular flexibility index (Phi) is 17.3. The van der Waals surface area contributed by atoms with E-state index in [4.69, 9.17) is 4.74 Å². The summed E-state index contributed by atoms with van der Waals surface area (Å²) in [5, 5.41) is 21.9. The lowest BCUT2D eigenvalue weighted by atomic mass is 9.85. The highest BCUT2D eigenvalue weighted by Crippen LogP contribution is 2.30. The number of carbonyl (C=O) groups is 3. The number of hydrogen-bond acceptors (Lipinski definition) is 11. The number of halogens is 1. The SMILES string of the molecule is CC(C)CN(C[C@@H](O)[C@H](Cc1ccccc1)NC(=O)C(NC(=O)CN(Cc1cccc(F)c1)C(=O)OC(C)(C)C)C(C)(C)C)S(=O)(=O)c1ccc2nc(NCCN3CCCC3)sc2c1. The number of aliphatic hydroxyl groups is 1. The van der Waals surface area contributed by atoms with Crippen molar-refractivity contribution in [1.29, 1.82) is 0 Å². The normalized spacial score (nSPS) is 15.2. The Balaban J connectivity index is 1.35. The van der Waals surface area contributed by atoms with Crippen molar-refractivity contribution in [2.24, 2.45) is 11.3 Å². The zero-order valence-corrected chi connectivity index (χ0v) is 40.0. The molecule has 64 heavy (non-hydrogen) atoms. The third kappa shape index (κ3) is 14.9. The molecule has 4 aromatic rings. The molecule has 1 aliphatic rings. The molecule has 0 bridgehead atoms. The molecule has 3 atom stereocenters. The van der Waals surface area contributed by atoms with Crippen molar-refractivity contribution >= 4 is 54.6 Å². The summed E-state index contributed by atoms with van der Waals surface area (Å²) in [6, 6.07) is 17.6. The van der Waals surface area contributed by atoms with Crippen LogP contribution in [0.5, 0.6) is 0 Å². The molecule has 0 saturated carbocycles. The Hall–Kier alpha value is -4.68. The fourth-order valence-electron chi connectivity index (χ4n) is 7.47. The van der Waals surface area contributed by atoms with Gasteiger partial charge in [-0.15, -0.1) is 0 Å². The lowest BCUT2D eigenvalue weighted by molar-refractivity contribution is -0.133. The molecule has 17 heteroatoms. The molecule has 0 radical (unpaired) electrons. The Morgan fingerprint density at radius 3 is 2.25 bits per heavy atom. The van der Waals surface area contributed by atoms with Crippen molar-refractivity contribution in [3.63, 3.8) is 0 Å². The number of hydrogen-bond donors (Lipinski definition) is 4. The number of carbonyl (C=O) groups excluding carboxylic acids is 3. The maximum Gasteiger partial charge on any atom is 0.411 e. The monoisotopic (exact) mass is 923 g/mol. The number of anilines is 1. The van der Waals surface area contributed by atoms with E-state index in [2.05, 4.69) is 25.8 Å². The fraction of sp³-hybridized carbons (Fsp3) is 0.532. The second kappa shape index (κ2) is 22.0. The minimum Gasteiger partial charge on any atom is -0.444 e. The summed E-state index contributed by atoms with van der Waals surface area (Å²) in [5.41, 5.74) is 0.144. The molecule has 1 aromatic heterocycles. The number of fused-ring (bicyclic) bond motifs is 1. The van der Waals surface area contributed by atoms with E-state index in [1.807, 2.05) is 44.2 Å². The first kappa shape index (κ1) is 50.3. The number of nitrogens with one attached hydrogen (secondary N) is 3. The van der Waals surface area contributed by atoms with E-state index in [0.717, 1.165) is 36.6 Å². The number of likely N-dealkylation sites (tertiary alicyclic amines) is 1. The van der Waals surface area contributed by atoms with E-state index in [1.165, 1.54) is 52.7 Å². The van der Waals surface area contributed by atoms with E-state index in [9.17, 15) is 32.3 Å². The summed E-state index contributed by atoms with van der Waals surface area (Å²) in [6.07, 6.45) is 0.386. The van der Waals surface area contributed by atoms with Crippen molar-refractivity contribution in [3.05, 3.63) is 89.7 Å². The van der Waals surface area contributed by atoms with Crippen molar-refractivity contribution in [3.8, 4) is 0 Å². The molecular weight excluding hydrogens is 858 g/mol. The minimum atomic E-state index is -4.15. The fourth-order valence-corrected chi connectivity index (χ4v) is 10.1. The molecule has 0 aliphatic carbocycles. The van der Waals surface area contributed by atoms with Gasteiger partial charge in [0.1, 0.15) is 24.0 Å². The Bertz CT molecular complexity index is 2290. The smallest absolute Gasteiger partial charge is 0.411 e. The number of aromatic nitrogens is 1. The number of benzene rings is 3. The quantitative estimate of drug-likeness (QED) is 0.0753. The van der Waals surface area contributed by atoms with Crippen LogP contribution in [0, 0.1) is 17.2 Å². The molecular formula is C47H66FN7O7S2. The van der Waals surface area contributed by atoms with Crippen LogP contribution < -0.4 is 16.0 Å². The van der Waals surface area contributed by atoms with Gasteiger partial charge >= 0.3 is 6.09 Å². The van der Waals surface area contributed by atoms with Crippen molar-refractivity contribution in [1.82, 2.24) is 29.7 Å². The second-order valence-corrected chi connectivity index (χ2v) is 22.0. The zero-order chi connectivity index (χ0) is 46.8. The Morgan fingerprint density at radius 1 is 0.922 bits per heavy atom. The molecule has 14 nitrogen and oxygen atoms in total.